The summed E-state index contributed by atoms with van der Waals surface area (Å²) in [4.78, 5) is 34.4. The van der Waals surface area contributed by atoms with Crippen LogP contribution in [0.2, 0.25) is 0 Å². The number of nitriles is 1. The minimum atomic E-state index is -1.44. The number of hydrogen-bond donors (Lipinski definition) is 3. The zero-order valence-corrected chi connectivity index (χ0v) is 30.0. The third-order valence-electron chi connectivity index (χ3n) is 10.1. The van der Waals surface area contributed by atoms with Crippen LogP contribution < -0.4 is 0 Å². The van der Waals surface area contributed by atoms with Crippen molar-refractivity contribution in [1.29, 1.82) is 5.26 Å². The van der Waals surface area contributed by atoms with E-state index in [4.69, 9.17) is 35.0 Å². The Kier molecular flexibility index (Phi) is 22.6. The molecule has 3 saturated heterocycles. The van der Waals surface area contributed by atoms with Crippen molar-refractivity contribution in [2.75, 3.05) is 40.8 Å². The van der Waals surface area contributed by atoms with Crippen molar-refractivity contribution < 1.29 is 29.7 Å². The van der Waals surface area contributed by atoms with Gasteiger partial charge in [0, 0.05) is 30.5 Å². The molecule has 0 aromatic heterocycles. The number of carboxylic acids is 3. The molecule has 0 aromatic carbocycles. The largest absolute Gasteiger partial charge is 0.481 e. The summed E-state index contributed by atoms with van der Waals surface area (Å²) < 4.78 is 0. The third kappa shape index (κ3) is 19.6. The van der Waals surface area contributed by atoms with Gasteiger partial charge in [-0.1, -0.05) is 20.8 Å². The fraction of sp³-hybridized carbons (Fsp3) is 0.879. The van der Waals surface area contributed by atoms with Crippen molar-refractivity contribution in [3.8, 4) is 6.07 Å². The summed E-state index contributed by atoms with van der Waals surface area (Å²) in [5.41, 5.74) is 1.29. The minimum Gasteiger partial charge on any atom is -0.481 e. The Morgan fingerprint density at radius 2 is 0.767 bits per heavy atom. The first-order valence-corrected chi connectivity index (χ1v) is 15.5. The van der Waals surface area contributed by atoms with E-state index in [0.717, 1.165) is 37.7 Å². The van der Waals surface area contributed by atoms with Gasteiger partial charge in [0.25, 0.3) is 11.9 Å². The predicted molar refractivity (Wildman–Crippen MR) is 175 cm³/mol. The lowest BCUT2D eigenvalue weighted by atomic mass is 9.81. The van der Waals surface area contributed by atoms with Crippen molar-refractivity contribution in [1.82, 2.24) is 14.7 Å². The van der Waals surface area contributed by atoms with Gasteiger partial charge in [-0.2, -0.15) is 5.26 Å². The van der Waals surface area contributed by atoms with E-state index in [9.17, 15) is 0 Å². The smallest absolute Gasteiger partial charge is 0.408 e. The molecule has 0 bridgehead atoms. The Bertz CT molecular complexity index is 725. The van der Waals surface area contributed by atoms with E-state index >= 15 is 0 Å². The maximum Gasteiger partial charge on any atom is 0.408 e. The van der Waals surface area contributed by atoms with E-state index < -0.39 is 17.9 Å². The summed E-state index contributed by atoms with van der Waals surface area (Å²) in [5.74, 6) is -0.547. The molecule has 0 amide bonds. The second-order valence-electron chi connectivity index (χ2n) is 13.8. The van der Waals surface area contributed by atoms with Crippen LogP contribution in [0.1, 0.15) is 115 Å². The molecule has 3 rings (SSSR count). The molecule has 3 unspecified atom stereocenters. The number of nitrogens with zero attached hydrogens (tertiary/aromatic N) is 4. The number of piperidine rings is 3. The van der Waals surface area contributed by atoms with Gasteiger partial charge < -0.3 is 30.0 Å². The van der Waals surface area contributed by atoms with E-state index in [1.807, 2.05) is 0 Å². The van der Waals surface area contributed by atoms with Gasteiger partial charge in [0.15, 0.2) is 6.07 Å². The van der Waals surface area contributed by atoms with E-state index in [1.54, 1.807) is 0 Å². The first-order valence-electron chi connectivity index (χ1n) is 15.5. The molecule has 3 aliphatic rings. The molecule has 43 heavy (non-hydrogen) atoms. The Balaban J connectivity index is -0.000000467. The Morgan fingerprint density at radius 1 is 0.605 bits per heavy atom. The molecule has 0 saturated carbocycles. The molecule has 3 atom stereocenters. The van der Waals surface area contributed by atoms with Crippen LogP contribution in [0.3, 0.4) is 0 Å². The standard InChI is InChI=1S/3C9H19N.C2HNO2.2C2H4O2/c3*1-8-6-5-7-10(4)9(8,2)3;3-1-2(4)5;2*1-2(3)4/h3*8H,5-7H2,1-4H3;(H,4,5);2*1H3,(H,3,4). The van der Waals surface area contributed by atoms with Crippen molar-refractivity contribution in [2.24, 2.45) is 17.8 Å². The monoisotopic (exact) mass is 614 g/mol. The molecule has 10 nitrogen and oxygen atoms in total. The fourth-order valence-corrected chi connectivity index (χ4v) is 4.96. The average molecular weight is 615 g/mol. The number of rotatable bonds is 0. The van der Waals surface area contributed by atoms with E-state index in [0.29, 0.717) is 16.6 Å². The average Bonchev–Trinajstić information content (AvgIpc) is 2.86. The highest BCUT2D eigenvalue weighted by Crippen LogP contribution is 2.32. The van der Waals surface area contributed by atoms with Crippen LogP contribution in [0.25, 0.3) is 0 Å². The van der Waals surface area contributed by atoms with Crippen LogP contribution in [0.5, 0.6) is 0 Å². The lowest BCUT2D eigenvalue weighted by Crippen LogP contribution is -2.49. The predicted octanol–water partition coefficient (Wildman–Crippen LogP) is 6.16. The molecule has 0 aromatic rings. The second kappa shape index (κ2) is 21.5. The molecular weight excluding hydrogens is 548 g/mol. The minimum absolute atomic E-state index is 0.429. The van der Waals surface area contributed by atoms with Gasteiger partial charge in [-0.3, -0.25) is 9.59 Å². The molecule has 10 heteroatoms. The molecule has 254 valence electrons. The molecule has 0 aliphatic carbocycles. The fourth-order valence-electron chi connectivity index (χ4n) is 4.96. The highest BCUT2D eigenvalue weighted by molar-refractivity contribution is 5.83. The van der Waals surface area contributed by atoms with Crippen molar-refractivity contribution in [2.45, 2.75) is 131 Å². The van der Waals surface area contributed by atoms with Gasteiger partial charge >= 0.3 is 5.97 Å². The van der Waals surface area contributed by atoms with Crippen molar-refractivity contribution in [3.63, 3.8) is 0 Å². The van der Waals surface area contributed by atoms with Gasteiger partial charge in [-0.25, -0.2) is 4.79 Å². The van der Waals surface area contributed by atoms with E-state index in [-0.39, 0.29) is 0 Å². The lowest BCUT2D eigenvalue weighted by molar-refractivity contribution is -0.135. The summed E-state index contributed by atoms with van der Waals surface area (Å²) >= 11 is 0. The highest BCUT2D eigenvalue weighted by atomic mass is 16.4. The van der Waals surface area contributed by atoms with Crippen LogP contribution in [-0.2, 0) is 14.4 Å². The maximum absolute atomic E-state index is 9.01. The van der Waals surface area contributed by atoms with Crippen LogP contribution in [0.15, 0.2) is 0 Å². The topological polar surface area (TPSA) is 145 Å². The number of likely N-dealkylation sites (tertiary alicyclic amines) is 3. The molecular formula is C33H66N4O6. The van der Waals surface area contributed by atoms with Crippen LogP contribution >= 0.6 is 0 Å². The quantitative estimate of drug-likeness (QED) is 0.214. The Labute approximate surface area is 263 Å². The SMILES string of the molecule is CC(=O)O.CC(=O)O.CC1CCCN(C)C1(C)C.CC1CCCN(C)C1(C)C.CC1CCCN(C)C1(C)C.N#CC(=O)O. The van der Waals surface area contributed by atoms with Gasteiger partial charge in [-0.15, -0.1) is 0 Å². The van der Waals surface area contributed by atoms with E-state index in [1.165, 1.54) is 58.2 Å². The van der Waals surface area contributed by atoms with Crippen LogP contribution in [-0.4, -0.2) is 105 Å². The number of carboxylic acid groups (broad SMARTS) is 3. The Hall–Kier alpha value is -2.22. The molecule has 0 spiro atoms. The van der Waals surface area contributed by atoms with Crippen molar-refractivity contribution >= 4 is 17.9 Å². The lowest BCUT2D eigenvalue weighted by Gasteiger charge is -2.44. The second-order valence-corrected chi connectivity index (χ2v) is 13.8. The number of carbonyl (C=O) groups is 3. The summed E-state index contributed by atoms with van der Waals surface area (Å²) in [7, 11) is 6.70. The summed E-state index contributed by atoms with van der Waals surface area (Å²) in [6.45, 7) is 27.1. The molecule has 0 radical (unpaired) electrons. The molecule has 3 heterocycles. The molecule has 3 N–H and O–H groups in total. The molecule has 3 fully saturated rings. The van der Waals surface area contributed by atoms with Crippen LogP contribution in [0.4, 0.5) is 0 Å². The maximum atomic E-state index is 9.01. The van der Waals surface area contributed by atoms with Gasteiger partial charge in [-0.05, 0) is 139 Å². The first-order chi connectivity index (χ1) is 19.4. The van der Waals surface area contributed by atoms with Gasteiger partial charge in [0.2, 0.25) is 0 Å². The van der Waals surface area contributed by atoms with E-state index in [2.05, 4.69) is 98.2 Å². The zero-order chi connectivity index (χ0) is 34.8. The van der Waals surface area contributed by atoms with Gasteiger partial charge in [0.1, 0.15) is 0 Å². The van der Waals surface area contributed by atoms with Crippen LogP contribution in [0, 0.1) is 29.1 Å². The van der Waals surface area contributed by atoms with Crippen molar-refractivity contribution in [3.05, 3.63) is 0 Å². The Morgan fingerprint density at radius 3 is 0.860 bits per heavy atom. The summed E-state index contributed by atoms with van der Waals surface area (Å²) in [6.07, 6.45) is 8.33. The number of aliphatic carboxylic acids is 3. The first kappa shape index (κ1) is 45.2. The highest BCUT2D eigenvalue weighted by Gasteiger charge is 2.34. The molecule has 3 aliphatic heterocycles. The zero-order valence-electron chi connectivity index (χ0n) is 30.0. The number of hydrogen-bond acceptors (Lipinski definition) is 7. The third-order valence-corrected chi connectivity index (χ3v) is 10.1. The summed E-state index contributed by atoms with van der Waals surface area (Å²) in [6, 6.07) is 0.944. The van der Waals surface area contributed by atoms with Gasteiger partial charge in [0.05, 0.1) is 0 Å². The normalized spacial score (nSPS) is 25.7. The summed E-state index contributed by atoms with van der Waals surface area (Å²) in [5, 5.41) is 29.5.